The van der Waals surface area contributed by atoms with Crippen LogP contribution in [0.1, 0.15) is 0 Å². The Kier molecular flexibility index (Phi) is 3.10. The summed E-state index contributed by atoms with van der Waals surface area (Å²) in [7, 11) is 0. The van der Waals surface area contributed by atoms with E-state index in [1.807, 2.05) is 0 Å². The zero-order chi connectivity index (χ0) is 10.8. The fourth-order valence-corrected chi connectivity index (χ4v) is 1.79. The topological polar surface area (TPSA) is 25.8 Å². The highest BCUT2D eigenvalue weighted by Gasteiger charge is 2.11. The Morgan fingerprint density at radius 2 is 1.67 bits per heavy atom. The lowest BCUT2D eigenvalue weighted by atomic mass is 10.1. The normalized spacial score (nSPS) is 10.3. The molecule has 0 saturated heterocycles. The first-order chi connectivity index (χ1) is 7.20. The van der Waals surface area contributed by atoms with Gasteiger partial charge in [0.15, 0.2) is 5.15 Å². The van der Waals surface area contributed by atoms with Gasteiger partial charge in [-0.25, -0.2) is 4.98 Å². The van der Waals surface area contributed by atoms with E-state index in [0.717, 1.165) is 0 Å². The highest BCUT2D eigenvalue weighted by atomic mass is 35.5. The molecular weight excluding hydrogens is 254 g/mol. The molecular formula is C10H5Cl3N2. The summed E-state index contributed by atoms with van der Waals surface area (Å²) in [6.07, 6.45) is 3.07. The molecule has 15 heavy (non-hydrogen) atoms. The van der Waals surface area contributed by atoms with Crippen LogP contribution in [0.2, 0.25) is 15.2 Å². The highest BCUT2D eigenvalue weighted by Crippen LogP contribution is 2.34. The molecule has 0 aliphatic heterocycles. The lowest BCUT2D eigenvalue weighted by molar-refractivity contribution is 1.21. The Balaban J connectivity index is 2.65. The van der Waals surface area contributed by atoms with Gasteiger partial charge >= 0.3 is 0 Å². The lowest BCUT2D eigenvalue weighted by Crippen LogP contribution is -1.88. The quantitative estimate of drug-likeness (QED) is 0.770. The number of rotatable bonds is 1. The van der Waals surface area contributed by atoms with Gasteiger partial charge in [0.2, 0.25) is 0 Å². The van der Waals surface area contributed by atoms with Crippen LogP contribution < -0.4 is 0 Å². The number of halogens is 3. The molecule has 0 atom stereocenters. The van der Waals surface area contributed by atoms with Crippen molar-refractivity contribution in [3.8, 4) is 11.3 Å². The first-order valence-electron chi connectivity index (χ1n) is 4.11. The van der Waals surface area contributed by atoms with Gasteiger partial charge in [0.05, 0.1) is 10.0 Å². The molecule has 0 aliphatic rings. The number of aromatic nitrogens is 2. The van der Waals surface area contributed by atoms with Crippen molar-refractivity contribution in [2.24, 2.45) is 0 Å². The number of hydrogen-bond acceptors (Lipinski definition) is 2. The van der Waals surface area contributed by atoms with E-state index < -0.39 is 0 Å². The zero-order valence-electron chi connectivity index (χ0n) is 7.42. The zero-order valence-corrected chi connectivity index (χ0v) is 9.68. The van der Waals surface area contributed by atoms with Gasteiger partial charge in [-0.2, -0.15) is 0 Å². The number of nitrogens with zero attached hydrogens (tertiary/aromatic N) is 2. The van der Waals surface area contributed by atoms with Crippen molar-refractivity contribution in [2.75, 3.05) is 0 Å². The van der Waals surface area contributed by atoms with Crippen LogP contribution in [-0.2, 0) is 0 Å². The molecule has 1 aromatic heterocycles. The van der Waals surface area contributed by atoms with Gasteiger partial charge in [-0.05, 0) is 6.07 Å². The van der Waals surface area contributed by atoms with E-state index in [0.29, 0.717) is 26.5 Å². The summed E-state index contributed by atoms with van der Waals surface area (Å²) < 4.78 is 0. The minimum atomic E-state index is 0.307. The van der Waals surface area contributed by atoms with E-state index in [9.17, 15) is 0 Å². The van der Waals surface area contributed by atoms with Crippen LogP contribution in [-0.4, -0.2) is 9.97 Å². The Labute approximate surface area is 102 Å². The first-order valence-corrected chi connectivity index (χ1v) is 5.24. The third-order valence-corrected chi connectivity index (χ3v) is 2.96. The van der Waals surface area contributed by atoms with Gasteiger partial charge in [-0.15, -0.1) is 0 Å². The summed E-state index contributed by atoms with van der Waals surface area (Å²) in [6.45, 7) is 0. The third kappa shape index (κ3) is 2.07. The van der Waals surface area contributed by atoms with Crippen molar-refractivity contribution in [3.63, 3.8) is 0 Å². The molecule has 0 saturated carbocycles. The number of benzene rings is 1. The van der Waals surface area contributed by atoms with Gasteiger partial charge in [0.25, 0.3) is 0 Å². The molecule has 2 rings (SSSR count). The van der Waals surface area contributed by atoms with E-state index in [2.05, 4.69) is 9.97 Å². The molecule has 0 amide bonds. The van der Waals surface area contributed by atoms with Gasteiger partial charge in [0.1, 0.15) is 5.69 Å². The summed E-state index contributed by atoms with van der Waals surface area (Å²) in [5, 5.41) is 1.21. The fourth-order valence-electron chi connectivity index (χ4n) is 1.19. The molecule has 0 unspecified atom stereocenters. The van der Waals surface area contributed by atoms with Crippen molar-refractivity contribution in [1.29, 1.82) is 0 Å². The molecule has 0 fully saturated rings. The van der Waals surface area contributed by atoms with Crippen LogP contribution in [0.4, 0.5) is 0 Å². The molecule has 2 nitrogen and oxygen atoms in total. The van der Waals surface area contributed by atoms with Crippen molar-refractivity contribution < 1.29 is 0 Å². The van der Waals surface area contributed by atoms with E-state index in [1.165, 1.54) is 6.20 Å². The second kappa shape index (κ2) is 4.35. The minimum absolute atomic E-state index is 0.307. The molecule has 0 bridgehead atoms. The second-order valence-corrected chi connectivity index (χ2v) is 3.94. The lowest BCUT2D eigenvalue weighted by Gasteiger charge is -2.05. The van der Waals surface area contributed by atoms with Crippen LogP contribution in [0, 0.1) is 0 Å². The highest BCUT2D eigenvalue weighted by molar-refractivity contribution is 6.44. The Morgan fingerprint density at radius 3 is 2.40 bits per heavy atom. The third-order valence-electron chi connectivity index (χ3n) is 1.86. The molecule has 0 radical (unpaired) electrons. The molecule has 0 spiro atoms. The van der Waals surface area contributed by atoms with Crippen LogP contribution in [0.25, 0.3) is 11.3 Å². The van der Waals surface area contributed by atoms with Gasteiger partial charge in [0, 0.05) is 18.0 Å². The smallest absolute Gasteiger partial charge is 0.155 e. The largest absolute Gasteiger partial charge is 0.251 e. The Morgan fingerprint density at radius 1 is 0.933 bits per heavy atom. The minimum Gasteiger partial charge on any atom is -0.251 e. The SMILES string of the molecule is Clc1cccc(-c2nccnc2Cl)c1Cl. The maximum atomic E-state index is 6.04. The first kappa shape index (κ1) is 10.7. The standard InChI is InChI=1S/C10H5Cl3N2/c11-7-3-1-2-6(8(7)12)9-10(13)15-5-4-14-9/h1-5H. The van der Waals surface area contributed by atoms with Gasteiger partial charge in [-0.3, -0.25) is 4.98 Å². The monoisotopic (exact) mass is 258 g/mol. The van der Waals surface area contributed by atoms with Crippen molar-refractivity contribution in [3.05, 3.63) is 45.8 Å². The second-order valence-electron chi connectivity index (χ2n) is 2.80. The van der Waals surface area contributed by atoms with E-state index in [4.69, 9.17) is 34.8 Å². The van der Waals surface area contributed by atoms with Crippen LogP contribution >= 0.6 is 34.8 Å². The average Bonchev–Trinajstić information content (AvgIpc) is 2.23. The Bertz CT molecular complexity index is 500. The van der Waals surface area contributed by atoms with Crippen molar-refractivity contribution in [1.82, 2.24) is 9.97 Å². The maximum Gasteiger partial charge on any atom is 0.155 e. The predicted octanol–water partition coefficient (Wildman–Crippen LogP) is 4.10. The molecule has 1 aromatic carbocycles. The molecule has 76 valence electrons. The van der Waals surface area contributed by atoms with Gasteiger partial charge in [-0.1, -0.05) is 46.9 Å². The molecule has 2 aromatic rings. The molecule has 1 heterocycles. The predicted molar refractivity (Wildman–Crippen MR) is 62.5 cm³/mol. The van der Waals surface area contributed by atoms with Gasteiger partial charge < -0.3 is 0 Å². The number of hydrogen-bond donors (Lipinski definition) is 0. The van der Waals surface area contributed by atoms with E-state index in [-0.39, 0.29) is 0 Å². The molecule has 0 N–H and O–H groups in total. The van der Waals surface area contributed by atoms with Crippen LogP contribution in [0.3, 0.4) is 0 Å². The average molecular weight is 260 g/mol. The molecule has 0 aliphatic carbocycles. The van der Waals surface area contributed by atoms with E-state index >= 15 is 0 Å². The summed E-state index contributed by atoms with van der Waals surface area (Å²) in [4.78, 5) is 8.04. The summed E-state index contributed by atoms with van der Waals surface area (Å²) in [6, 6.07) is 5.29. The summed E-state index contributed by atoms with van der Waals surface area (Å²) in [5.74, 6) is 0. The maximum absolute atomic E-state index is 6.04. The summed E-state index contributed by atoms with van der Waals surface area (Å²) in [5.41, 5.74) is 1.22. The van der Waals surface area contributed by atoms with Crippen LogP contribution in [0.15, 0.2) is 30.6 Å². The van der Waals surface area contributed by atoms with Crippen molar-refractivity contribution >= 4 is 34.8 Å². The Hall–Kier alpha value is -0.830. The summed E-state index contributed by atoms with van der Waals surface area (Å²) >= 11 is 17.8. The fraction of sp³-hybridized carbons (Fsp3) is 0. The molecule has 5 heteroatoms. The van der Waals surface area contributed by atoms with Crippen molar-refractivity contribution in [2.45, 2.75) is 0 Å². The van der Waals surface area contributed by atoms with Crippen LogP contribution in [0.5, 0.6) is 0 Å². The van der Waals surface area contributed by atoms with E-state index in [1.54, 1.807) is 24.4 Å².